The van der Waals surface area contributed by atoms with Gasteiger partial charge in [0, 0.05) is 18.3 Å². The van der Waals surface area contributed by atoms with Crippen molar-refractivity contribution in [3.05, 3.63) is 83.0 Å². The van der Waals surface area contributed by atoms with E-state index in [1.54, 1.807) is 18.2 Å². The summed E-state index contributed by atoms with van der Waals surface area (Å²) < 4.78 is 11.2. The van der Waals surface area contributed by atoms with E-state index in [1.807, 2.05) is 68.4 Å². The molecule has 33 heavy (non-hydrogen) atoms. The van der Waals surface area contributed by atoms with Crippen LogP contribution in [-0.2, 0) is 11.3 Å². The zero-order valence-corrected chi connectivity index (χ0v) is 19.0. The van der Waals surface area contributed by atoms with Crippen LogP contribution in [0, 0.1) is 6.92 Å². The topological polar surface area (TPSA) is 80.8 Å². The third-order valence-electron chi connectivity index (χ3n) is 5.74. The Hall–Kier alpha value is -3.87. The Balaban J connectivity index is 1.66. The summed E-state index contributed by atoms with van der Waals surface area (Å²) in [5, 5.41) is 2.89. The molecule has 0 saturated heterocycles. The van der Waals surface area contributed by atoms with E-state index in [-0.39, 0.29) is 18.2 Å². The van der Waals surface area contributed by atoms with E-state index in [2.05, 4.69) is 10.3 Å². The minimum atomic E-state index is -0.488. The summed E-state index contributed by atoms with van der Waals surface area (Å²) in [6, 6.07) is 16.3. The molecule has 7 heteroatoms. The number of benzene rings is 2. The number of nitrogens with zero attached hydrogens (tertiary/aromatic N) is 2. The molecule has 0 bridgehead atoms. The van der Waals surface area contributed by atoms with Gasteiger partial charge in [-0.15, -0.1) is 0 Å². The number of rotatable bonds is 8. The van der Waals surface area contributed by atoms with E-state index in [0.717, 1.165) is 16.7 Å². The Labute approximate surface area is 193 Å². The van der Waals surface area contributed by atoms with Crippen LogP contribution in [0.4, 0.5) is 5.82 Å². The smallest absolute Gasteiger partial charge is 0.255 e. The van der Waals surface area contributed by atoms with Crippen molar-refractivity contribution in [1.82, 2.24) is 9.88 Å². The summed E-state index contributed by atoms with van der Waals surface area (Å²) in [6.45, 7) is 4.73. The third-order valence-corrected chi connectivity index (χ3v) is 5.74. The number of pyridine rings is 1. The average molecular weight is 446 g/mol. The van der Waals surface area contributed by atoms with Crippen molar-refractivity contribution in [2.75, 3.05) is 19.0 Å². The van der Waals surface area contributed by atoms with Gasteiger partial charge in [-0.2, -0.15) is 0 Å². The van der Waals surface area contributed by atoms with E-state index in [9.17, 15) is 9.59 Å². The molecule has 0 unspecified atom stereocenters. The number of methoxy groups -OCH3 is 1. The number of carbonyl (C=O) groups excluding carboxylic acids is 2. The van der Waals surface area contributed by atoms with E-state index in [0.29, 0.717) is 36.0 Å². The van der Waals surface area contributed by atoms with Crippen LogP contribution in [0.25, 0.3) is 0 Å². The van der Waals surface area contributed by atoms with Gasteiger partial charge in [0.25, 0.3) is 5.91 Å². The van der Waals surface area contributed by atoms with Crippen LogP contribution in [0.5, 0.6) is 11.5 Å². The molecular weight excluding hydrogens is 418 g/mol. The number of fused-ring (bicyclic) bond motifs is 1. The number of hydrogen-bond acceptors (Lipinski definition) is 5. The quantitative estimate of drug-likeness (QED) is 0.551. The molecular formula is C26H27N3O4. The lowest BCUT2D eigenvalue weighted by molar-refractivity contribution is -0.117. The molecule has 1 aromatic heterocycles. The first-order valence-corrected chi connectivity index (χ1v) is 10.9. The molecule has 7 nitrogen and oxygen atoms in total. The average Bonchev–Trinajstić information content (AvgIpc) is 3.16. The second-order valence-corrected chi connectivity index (χ2v) is 7.87. The van der Waals surface area contributed by atoms with E-state index in [1.165, 1.54) is 0 Å². The Morgan fingerprint density at radius 1 is 1.15 bits per heavy atom. The summed E-state index contributed by atoms with van der Waals surface area (Å²) in [4.78, 5) is 32.3. The highest BCUT2D eigenvalue weighted by Gasteiger charge is 2.35. The Kier molecular flexibility index (Phi) is 6.58. The second-order valence-electron chi connectivity index (χ2n) is 7.87. The predicted octanol–water partition coefficient (Wildman–Crippen LogP) is 4.52. The number of hydrogen-bond donors (Lipinski definition) is 1. The lowest BCUT2D eigenvalue weighted by Crippen LogP contribution is -2.32. The zero-order valence-electron chi connectivity index (χ0n) is 19.0. The van der Waals surface area contributed by atoms with Crippen LogP contribution in [0.3, 0.4) is 0 Å². The van der Waals surface area contributed by atoms with Crippen molar-refractivity contribution < 1.29 is 19.1 Å². The molecule has 2 aromatic carbocycles. The Morgan fingerprint density at radius 3 is 2.70 bits per heavy atom. The van der Waals surface area contributed by atoms with Crippen molar-refractivity contribution in [3.63, 3.8) is 0 Å². The first-order chi connectivity index (χ1) is 16.0. The van der Waals surface area contributed by atoms with Gasteiger partial charge in [0.15, 0.2) is 11.5 Å². The van der Waals surface area contributed by atoms with Crippen molar-refractivity contribution in [1.29, 1.82) is 0 Å². The molecule has 4 rings (SSSR count). The van der Waals surface area contributed by atoms with Crippen LogP contribution >= 0.6 is 0 Å². The number of aryl methyl sites for hydroxylation is 1. The van der Waals surface area contributed by atoms with Crippen LogP contribution in [0.2, 0.25) is 0 Å². The molecule has 170 valence electrons. The summed E-state index contributed by atoms with van der Waals surface area (Å²) in [5.41, 5.74) is 3.28. The number of anilines is 1. The SMILES string of the molecule is CCOc1ccc([C@H](CC(=O)Nc2ncccc2C)N2Cc3ccccc3C2=O)cc1OC. The molecule has 1 N–H and O–H groups in total. The molecule has 0 fully saturated rings. The normalized spacial score (nSPS) is 13.4. The first-order valence-electron chi connectivity index (χ1n) is 10.9. The fraction of sp³-hybridized carbons (Fsp3) is 0.269. The molecule has 1 aliphatic rings. The molecule has 2 heterocycles. The standard InChI is InChI=1S/C26H27N3O4/c1-4-33-22-12-11-18(14-23(22)32-3)21(15-24(30)28-25-17(2)8-7-13-27-25)29-16-19-9-5-6-10-20(19)26(29)31/h5-14,21H,4,15-16H2,1-3H3,(H,27,28,30)/t21-/m0/s1. The van der Waals surface area contributed by atoms with Gasteiger partial charge in [0.2, 0.25) is 5.91 Å². The summed E-state index contributed by atoms with van der Waals surface area (Å²) >= 11 is 0. The Morgan fingerprint density at radius 2 is 1.97 bits per heavy atom. The van der Waals surface area contributed by atoms with Crippen LogP contribution in [-0.4, -0.2) is 35.4 Å². The van der Waals surface area contributed by atoms with Gasteiger partial charge in [-0.25, -0.2) is 4.98 Å². The van der Waals surface area contributed by atoms with Crippen molar-refractivity contribution in [3.8, 4) is 11.5 Å². The second kappa shape index (κ2) is 9.73. The minimum Gasteiger partial charge on any atom is -0.493 e. The van der Waals surface area contributed by atoms with E-state index < -0.39 is 6.04 Å². The summed E-state index contributed by atoms with van der Waals surface area (Å²) in [6.07, 6.45) is 1.71. The number of aromatic nitrogens is 1. The molecule has 0 aliphatic carbocycles. The van der Waals surface area contributed by atoms with Gasteiger partial charge < -0.3 is 19.7 Å². The number of amides is 2. The maximum Gasteiger partial charge on any atom is 0.255 e. The largest absolute Gasteiger partial charge is 0.493 e. The zero-order chi connectivity index (χ0) is 23.4. The van der Waals surface area contributed by atoms with Crippen LogP contribution in [0.1, 0.15) is 46.4 Å². The van der Waals surface area contributed by atoms with Crippen molar-refractivity contribution in [2.45, 2.75) is 32.9 Å². The third kappa shape index (κ3) is 4.67. The van der Waals surface area contributed by atoms with Crippen LogP contribution < -0.4 is 14.8 Å². The summed E-state index contributed by atoms with van der Waals surface area (Å²) in [5.74, 6) is 1.38. The van der Waals surface area contributed by atoms with Gasteiger partial charge in [-0.3, -0.25) is 9.59 Å². The molecule has 2 amide bonds. The molecule has 1 aliphatic heterocycles. The maximum atomic E-state index is 13.3. The number of nitrogens with one attached hydrogen (secondary N) is 1. The lowest BCUT2D eigenvalue weighted by atomic mass is 10.0. The first kappa shape index (κ1) is 22.3. The van der Waals surface area contributed by atoms with Crippen molar-refractivity contribution >= 4 is 17.6 Å². The van der Waals surface area contributed by atoms with Crippen LogP contribution in [0.15, 0.2) is 60.8 Å². The molecule has 3 aromatic rings. The van der Waals surface area contributed by atoms with Gasteiger partial charge in [0.1, 0.15) is 5.82 Å². The Bertz CT molecular complexity index is 1180. The maximum absolute atomic E-state index is 13.3. The molecule has 0 spiro atoms. The molecule has 0 saturated carbocycles. The predicted molar refractivity (Wildman–Crippen MR) is 125 cm³/mol. The summed E-state index contributed by atoms with van der Waals surface area (Å²) in [7, 11) is 1.57. The number of ether oxygens (including phenoxy) is 2. The minimum absolute atomic E-state index is 0.0763. The number of carbonyl (C=O) groups is 2. The highest BCUT2D eigenvalue weighted by molar-refractivity contribution is 5.99. The molecule has 0 radical (unpaired) electrons. The van der Waals surface area contributed by atoms with E-state index >= 15 is 0 Å². The highest BCUT2D eigenvalue weighted by atomic mass is 16.5. The fourth-order valence-electron chi connectivity index (χ4n) is 4.08. The highest BCUT2D eigenvalue weighted by Crippen LogP contribution is 2.37. The fourth-order valence-corrected chi connectivity index (χ4v) is 4.08. The molecule has 1 atom stereocenters. The van der Waals surface area contributed by atoms with Gasteiger partial charge in [-0.05, 0) is 54.8 Å². The van der Waals surface area contributed by atoms with Gasteiger partial charge >= 0.3 is 0 Å². The van der Waals surface area contributed by atoms with E-state index in [4.69, 9.17) is 9.47 Å². The van der Waals surface area contributed by atoms with Gasteiger partial charge in [-0.1, -0.05) is 30.3 Å². The monoisotopic (exact) mass is 445 g/mol. The lowest BCUT2D eigenvalue weighted by Gasteiger charge is -2.28. The van der Waals surface area contributed by atoms with Crippen molar-refractivity contribution in [2.24, 2.45) is 0 Å². The van der Waals surface area contributed by atoms with Gasteiger partial charge in [0.05, 0.1) is 26.2 Å².